The summed E-state index contributed by atoms with van der Waals surface area (Å²) in [7, 11) is 0. The molecule has 17 heavy (non-hydrogen) atoms. The van der Waals surface area contributed by atoms with Gasteiger partial charge in [-0.25, -0.2) is 0 Å². The van der Waals surface area contributed by atoms with Gasteiger partial charge in [0, 0.05) is 31.2 Å². The first-order chi connectivity index (χ1) is 8.03. The zero-order valence-corrected chi connectivity index (χ0v) is 12.6. The number of piperazine rings is 1. The van der Waals surface area contributed by atoms with E-state index in [2.05, 4.69) is 44.8 Å². The minimum Gasteiger partial charge on any atom is -0.311 e. The second-order valence-electron chi connectivity index (χ2n) is 6.27. The Morgan fingerprint density at radius 1 is 1.24 bits per heavy atom. The standard InChI is InChI=1S/C15H32N2/c1-6-9-14-11-17(10-13(7-2)8-3)15(4,5)12-16-14/h13-14,16H,6-12H2,1-5H3. The van der Waals surface area contributed by atoms with Crippen molar-refractivity contribution in [3.63, 3.8) is 0 Å². The first kappa shape index (κ1) is 15.0. The quantitative estimate of drug-likeness (QED) is 0.766. The van der Waals surface area contributed by atoms with Gasteiger partial charge in [-0.05, 0) is 26.2 Å². The van der Waals surface area contributed by atoms with E-state index in [-0.39, 0.29) is 0 Å². The molecule has 0 spiro atoms. The van der Waals surface area contributed by atoms with E-state index in [0.717, 1.165) is 12.5 Å². The molecule has 1 heterocycles. The highest BCUT2D eigenvalue weighted by molar-refractivity contribution is 4.93. The Kier molecular flexibility index (Phi) is 5.94. The van der Waals surface area contributed by atoms with Crippen molar-refractivity contribution in [2.45, 2.75) is 71.9 Å². The Labute approximate surface area is 108 Å². The van der Waals surface area contributed by atoms with Gasteiger partial charge in [-0.15, -0.1) is 0 Å². The van der Waals surface area contributed by atoms with E-state index >= 15 is 0 Å². The molecule has 102 valence electrons. The molecule has 0 aromatic heterocycles. The van der Waals surface area contributed by atoms with Crippen LogP contribution in [0.4, 0.5) is 0 Å². The minimum absolute atomic E-state index is 0.326. The van der Waals surface area contributed by atoms with Crippen LogP contribution in [-0.2, 0) is 0 Å². The third kappa shape index (κ3) is 4.26. The van der Waals surface area contributed by atoms with Crippen LogP contribution in [0.5, 0.6) is 0 Å². The van der Waals surface area contributed by atoms with Crippen LogP contribution in [0.2, 0.25) is 0 Å². The molecule has 2 heteroatoms. The molecule has 1 aliphatic heterocycles. The number of hydrogen-bond acceptors (Lipinski definition) is 2. The molecule has 1 aliphatic rings. The predicted octanol–water partition coefficient (Wildman–Crippen LogP) is 3.28. The van der Waals surface area contributed by atoms with E-state index in [9.17, 15) is 0 Å². The van der Waals surface area contributed by atoms with Crippen LogP contribution in [0.15, 0.2) is 0 Å². The van der Waals surface area contributed by atoms with Gasteiger partial charge in [0.1, 0.15) is 0 Å². The highest BCUT2D eigenvalue weighted by Crippen LogP contribution is 2.23. The van der Waals surface area contributed by atoms with Crippen LogP contribution < -0.4 is 5.32 Å². The van der Waals surface area contributed by atoms with E-state index in [1.807, 2.05) is 0 Å². The van der Waals surface area contributed by atoms with Crippen LogP contribution in [0, 0.1) is 5.92 Å². The van der Waals surface area contributed by atoms with Crippen molar-refractivity contribution in [3.8, 4) is 0 Å². The smallest absolute Gasteiger partial charge is 0.0278 e. The summed E-state index contributed by atoms with van der Waals surface area (Å²) in [6.07, 6.45) is 5.23. The van der Waals surface area contributed by atoms with Crippen molar-refractivity contribution in [1.29, 1.82) is 0 Å². The highest BCUT2D eigenvalue weighted by atomic mass is 15.3. The molecule has 2 nitrogen and oxygen atoms in total. The molecule has 0 aromatic rings. The van der Waals surface area contributed by atoms with Crippen LogP contribution in [0.1, 0.15) is 60.3 Å². The van der Waals surface area contributed by atoms with Gasteiger partial charge in [0.05, 0.1) is 0 Å². The first-order valence-corrected chi connectivity index (χ1v) is 7.51. The van der Waals surface area contributed by atoms with E-state index < -0.39 is 0 Å². The van der Waals surface area contributed by atoms with Gasteiger partial charge < -0.3 is 5.32 Å². The lowest BCUT2D eigenvalue weighted by Crippen LogP contribution is -2.62. The van der Waals surface area contributed by atoms with E-state index in [1.165, 1.54) is 38.8 Å². The molecular weight excluding hydrogens is 208 g/mol. The molecule has 0 radical (unpaired) electrons. The highest BCUT2D eigenvalue weighted by Gasteiger charge is 2.34. The van der Waals surface area contributed by atoms with Crippen molar-refractivity contribution < 1.29 is 0 Å². The van der Waals surface area contributed by atoms with Crippen molar-refractivity contribution in [1.82, 2.24) is 10.2 Å². The maximum atomic E-state index is 3.71. The zero-order valence-electron chi connectivity index (χ0n) is 12.6. The number of nitrogens with zero attached hydrogens (tertiary/aromatic N) is 1. The van der Waals surface area contributed by atoms with Crippen molar-refractivity contribution >= 4 is 0 Å². The van der Waals surface area contributed by atoms with Crippen molar-refractivity contribution in [3.05, 3.63) is 0 Å². The topological polar surface area (TPSA) is 15.3 Å². The third-order valence-corrected chi connectivity index (χ3v) is 4.39. The van der Waals surface area contributed by atoms with Crippen LogP contribution >= 0.6 is 0 Å². The summed E-state index contributed by atoms with van der Waals surface area (Å²) in [4.78, 5) is 2.72. The monoisotopic (exact) mass is 240 g/mol. The molecule has 0 amide bonds. The Bertz CT molecular complexity index is 209. The molecule has 0 aromatic carbocycles. The van der Waals surface area contributed by atoms with Gasteiger partial charge in [-0.2, -0.15) is 0 Å². The van der Waals surface area contributed by atoms with Crippen LogP contribution in [-0.4, -0.2) is 36.1 Å². The SMILES string of the molecule is CCCC1CN(CC(CC)CC)C(C)(C)CN1. The van der Waals surface area contributed by atoms with E-state index in [1.54, 1.807) is 0 Å². The first-order valence-electron chi connectivity index (χ1n) is 7.51. The fourth-order valence-corrected chi connectivity index (χ4v) is 2.81. The molecule has 1 saturated heterocycles. The summed E-state index contributed by atoms with van der Waals surface area (Å²) >= 11 is 0. The Hall–Kier alpha value is -0.0800. The number of rotatable bonds is 6. The van der Waals surface area contributed by atoms with Crippen molar-refractivity contribution in [2.75, 3.05) is 19.6 Å². The van der Waals surface area contributed by atoms with Crippen LogP contribution in [0.3, 0.4) is 0 Å². The lowest BCUT2D eigenvalue weighted by molar-refractivity contribution is 0.0472. The summed E-state index contributed by atoms with van der Waals surface area (Å²) < 4.78 is 0. The van der Waals surface area contributed by atoms with Gasteiger partial charge in [0.25, 0.3) is 0 Å². The third-order valence-electron chi connectivity index (χ3n) is 4.39. The van der Waals surface area contributed by atoms with E-state index in [4.69, 9.17) is 0 Å². The lowest BCUT2D eigenvalue weighted by atomic mass is 9.92. The average Bonchev–Trinajstić information content (AvgIpc) is 2.30. The fraction of sp³-hybridized carbons (Fsp3) is 1.00. The summed E-state index contributed by atoms with van der Waals surface area (Å²) in [6.45, 7) is 15.3. The van der Waals surface area contributed by atoms with Gasteiger partial charge in [-0.3, -0.25) is 4.90 Å². The lowest BCUT2D eigenvalue weighted by Gasteiger charge is -2.47. The van der Waals surface area contributed by atoms with Gasteiger partial charge in [0.15, 0.2) is 0 Å². The summed E-state index contributed by atoms with van der Waals surface area (Å²) in [6, 6.07) is 0.711. The molecule has 1 N–H and O–H groups in total. The fourth-order valence-electron chi connectivity index (χ4n) is 2.81. The average molecular weight is 240 g/mol. The van der Waals surface area contributed by atoms with Gasteiger partial charge >= 0.3 is 0 Å². The Morgan fingerprint density at radius 3 is 2.41 bits per heavy atom. The summed E-state index contributed by atoms with van der Waals surface area (Å²) in [5, 5.41) is 3.71. The second kappa shape index (κ2) is 6.75. The Morgan fingerprint density at radius 2 is 1.88 bits per heavy atom. The molecule has 1 atom stereocenters. The van der Waals surface area contributed by atoms with Gasteiger partial charge in [0.2, 0.25) is 0 Å². The number of hydrogen-bond donors (Lipinski definition) is 1. The molecule has 1 fully saturated rings. The van der Waals surface area contributed by atoms with E-state index in [0.29, 0.717) is 11.6 Å². The Balaban J connectivity index is 2.57. The number of nitrogens with one attached hydrogen (secondary N) is 1. The largest absolute Gasteiger partial charge is 0.311 e. The maximum Gasteiger partial charge on any atom is 0.0278 e. The normalized spacial score (nSPS) is 25.4. The molecular formula is C15H32N2. The molecule has 1 rings (SSSR count). The van der Waals surface area contributed by atoms with Crippen LogP contribution in [0.25, 0.3) is 0 Å². The molecule has 0 aliphatic carbocycles. The maximum absolute atomic E-state index is 3.71. The minimum atomic E-state index is 0.326. The zero-order chi connectivity index (χ0) is 12.9. The van der Waals surface area contributed by atoms with Crippen molar-refractivity contribution in [2.24, 2.45) is 5.92 Å². The summed E-state index contributed by atoms with van der Waals surface area (Å²) in [5.74, 6) is 0.870. The molecule has 1 unspecified atom stereocenters. The predicted molar refractivity (Wildman–Crippen MR) is 76.4 cm³/mol. The second-order valence-corrected chi connectivity index (χ2v) is 6.27. The van der Waals surface area contributed by atoms with Gasteiger partial charge in [-0.1, -0.05) is 40.0 Å². The molecule has 0 bridgehead atoms. The molecule has 0 saturated carbocycles. The summed E-state index contributed by atoms with van der Waals surface area (Å²) in [5.41, 5.74) is 0.326.